The summed E-state index contributed by atoms with van der Waals surface area (Å²) in [5.41, 5.74) is -0.373. The molecule has 0 fully saturated rings. The number of hydrogen-bond donors (Lipinski definition) is 2. The van der Waals surface area contributed by atoms with Crippen molar-refractivity contribution in [3.05, 3.63) is 52.5 Å². The molecule has 22 heavy (non-hydrogen) atoms. The van der Waals surface area contributed by atoms with Gasteiger partial charge in [-0.05, 0) is 12.1 Å². The molecule has 0 atom stereocenters. The van der Waals surface area contributed by atoms with Crippen LogP contribution in [-0.2, 0) is 0 Å². The number of hydrogen-bond acceptors (Lipinski definition) is 5. The summed E-state index contributed by atoms with van der Waals surface area (Å²) >= 11 is 0. The minimum Gasteiger partial charge on any atom is -0.493 e. The van der Waals surface area contributed by atoms with Crippen molar-refractivity contribution in [1.82, 2.24) is 9.97 Å². The number of amides is 1. The predicted octanol–water partition coefficient (Wildman–Crippen LogP) is 1.92. The van der Waals surface area contributed by atoms with E-state index in [0.29, 0.717) is 16.7 Å². The average Bonchev–Trinajstić information content (AvgIpc) is 2.95. The second-order valence-electron chi connectivity index (χ2n) is 4.35. The molecule has 0 aliphatic rings. The summed E-state index contributed by atoms with van der Waals surface area (Å²) in [6.45, 7) is 0. The molecule has 0 unspecified atom stereocenters. The van der Waals surface area contributed by atoms with Crippen LogP contribution in [0.25, 0.3) is 11.0 Å². The van der Waals surface area contributed by atoms with Gasteiger partial charge in [0.05, 0.1) is 13.3 Å². The highest BCUT2D eigenvalue weighted by atomic mass is 19.1. The van der Waals surface area contributed by atoms with E-state index in [0.717, 1.165) is 6.20 Å². The number of fused-ring (bicyclic) bond motifs is 1. The van der Waals surface area contributed by atoms with Gasteiger partial charge in [0.2, 0.25) is 0 Å². The summed E-state index contributed by atoms with van der Waals surface area (Å²) < 4.78 is 24.0. The fraction of sp³-hybridized carbons (Fsp3) is 0.0714. The Morgan fingerprint density at radius 2 is 2.27 bits per heavy atom. The van der Waals surface area contributed by atoms with Crippen LogP contribution < -0.4 is 15.7 Å². The third-order valence-corrected chi connectivity index (χ3v) is 2.96. The van der Waals surface area contributed by atoms with Crippen LogP contribution in [0.15, 0.2) is 39.7 Å². The number of benzene rings is 1. The number of carbonyl (C=O) groups is 1. The molecule has 0 saturated heterocycles. The summed E-state index contributed by atoms with van der Waals surface area (Å²) in [4.78, 5) is 28.4. The molecule has 0 saturated carbocycles. The number of halogens is 1. The van der Waals surface area contributed by atoms with Crippen molar-refractivity contribution in [2.45, 2.75) is 0 Å². The first-order valence-electron chi connectivity index (χ1n) is 6.21. The van der Waals surface area contributed by atoms with Gasteiger partial charge in [-0.2, -0.15) is 4.98 Å². The zero-order valence-electron chi connectivity index (χ0n) is 11.3. The average molecular weight is 303 g/mol. The number of ether oxygens (including phenoxy) is 1. The van der Waals surface area contributed by atoms with E-state index >= 15 is 0 Å². The zero-order valence-corrected chi connectivity index (χ0v) is 11.3. The van der Waals surface area contributed by atoms with Crippen molar-refractivity contribution >= 4 is 22.7 Å². The van der Waals surface area contributed by atoms with Crippen LogP contribution in [0.2, 0.25) is 0 Å². The third kappa shape index (κ3) is 2.41. The molecule has 2 heterocycles. The number of aromatic nitrogens is 2. The minimum atomic E-state index is -0.860. The van der Waals surface area contributed by atoms with Gasteiger partial charge in [-0.3, -0.25) is 9.78 Å². The number of anilines is 1. The van der Waals surface area contributed by atoms with Crippen molar-refractivity contribution < 1.29 is 18.3 Å². The monoisotopic (exact) mass is 303 g/mol. The van der Waals surface area contributed by atoms with Crippen molar-refractivity contribution in [3.63, 3.8) is 0 Å². The molecule has 1 aromatic carbocycles. The van der Waals surface area contributed by atoms with Gasteiger partial charge in [0.25, 0.3) is 5.91 Å². The van der Waals surface area contributed by atoms with Crippen LogP contribution in [0.1, 0.15) is 10.6 Å². The van der Waals surface area contributed by atoms with Crippen LogP contribution in [0.4, 0.5) is 10.2 Å². The second kappa shape index (κ2) is 5.32. The zero-order chi connectivity index (χ0) is 15.7. The lowest BCUT2D eigenvalue weighted by molar-refractivity contribution is 0.0997. The molecule has 0 radical (unpaired) electrons. The molecular formula is C14H10FN3O4. The summed E-state index contributed by atoms with van der Waals surface area (Å²) in [5.74, 6) is -1.52. The first-order valence-corrected chi connectivity index (χ1v) is 6.21. The van der Waals surface area contributed by atoms with E-state index in [1.54, 1.807) is 18.2 Å². The maximum Gasteiger partial charge on any atom is 0.346 e. The number of carbonyl (C=O) groups excluding carboxylic acids is 1. The van der Waals surface area contributed by atoms with Gasteiger partial charge in [0.1, 0.15) is 0 Å². The highest BCUT2D eigenvalue weighted by molar-refractivity contribution is 6.04. The Labute approximate surface area is 122 Å². The summed E-state index contributed by atoms with van der Waals surface area (Å²) in [5, 5.41) is 2.88. The van der Waals surface area contributed by atoms with Gasteiger partial charge in [0, 0.05) is 5.39 Å². The van der Waals surface area contributed by atoms with E-state index in [9.17, 15) is 14.0 Å². The van der Waals surface area contributed by atoms with Crippen molar-refractivity contribution in [3.8, 4) is 5.75 Å². The number of methoxy groups -OCH3 is 1. The van der Waals surface area contributed by atoms with Crippen molar-refractivity contribution in [2.75, 3.05) is 12.4 Å². The Morgan fingerprint density at radius 3 is 3.05 bits per heavy atom. The van der Waals surface area contributed by atoms with Crippen molar-refractivity contribution in [2.24, 2.45) is 0 Å². The lowest BCUT2D eigenvalue weighted by Gasteiger charge is -2.03. The van der Waals surface area contributed by atoms with Gasteiger partial charge in [0.15, 0.2) is 28.7 Å². The molecule has 0 aliphatic heterocycles. The first kappa shape index (κ1) is 13.8. The van der Waals surface area contributed by atoms with Crippen molar-refractivity contribution in [1.29, 1.82) is 0 Å². The van der Waals surface area contributed by atoms with Crippen LogP contribution in [0.5, 0.6) is 5.75 Å². The number of aromatic amines is 1. The molecule has 112 valence electrons. The van der Waals surface area contributed by atoms with E-state index in [1.165, 1.54) is 13.2 Å². The number of H-pyrrole nitrogens is 1. The molecule has 3 rings (SSSR count). The largest absolute Gasteiger partial charge is 0.493 e. The molecule has 0 bridgehead atoms. The molecular weight excluding hydrogens is 293 g/mol. The Hall–Kier alpha value is -3.16. The molecule has 8 heteroatoms. The van der Waals surface area contributed by atoms with Crippen LogP contribution in [-0.4, -0.2) is 23.0 Å². The molecule has 1 amide bonds. The first-order chi connectivity index (χ1) is 10.6. The van der Waals surface area contributed by atoms with Crippen LogP contribution in [0.3, 0.4) is 0 Å². The van der Waals surface area contributed by atoms with Crippen LogP contribution in [0, 0.1) is 5.82 Å². The fourth-order valence-corrected chi connectivity index (χ4v) is 1.95. The highest BCUT2D eigenvalue weighted by Gasteiger charge is 2.16. The van der Waals surface area contributed by atoms with E-state index in [1.807, 2.05) is 0 Å². The SMILES string of the molecule is COc1cccc2cc(C(=O)Nc3[nH]c(=O)ncc3F)oc12. The molecule has 2 N–H and O–H groups in total. The number of para-hydroxylation sites is 1. The van der Waals surface area contributed by atoms with Gasteiger partial charge < -0.3 is 14.5 Å². The molecule has 3 aromatic rings. The summed E-state index contributed by atoms with van der Waals surface area (Å²) in [6, 6.07) is 6.67. The van der Waals surface area contributed by atoms with E-state index in [2.05, 4.69) is 15.3 Å². The standard InChI is InChI=1S/C14H10FN3O4/c1-21-9-4-2-3-7-5-10(22-11(7)9)13(19)17-12-8(15)6-16-14(20)18-12/h2-6H,1H3,(H2,16,17,18,19,20). The quantitative estimate of drug-likeness (QED) is 0.770. The van der Waals surface area contributed by atoms with Gasteiger partial charge in [-0.25, -0.2) is 9.18 Å². The Morgan fingerprint density at radius 1 is 1.45 bits per heavy atom. The molecule has 7 nitrogen and oxygen atoms in total. The lowest BCUT2D eigenvalue weighted by atomic mass is 10.2. The Balaban J connectivity index is 1.95. The minimum absolute atomic E-state index is 0.0449. The number of nitrogens with zero attached hydrogens (tertiary/aromatic N) is 1. The van der Waals surface area contributed by atoms with E-state index in [4.69, 9.17) is 9.15 Å². The molecule has 0 spiro atoms. The van der Waals surface area contributed by atoms with Gasteiger partial charge >= 0.3 is 5.69 Å². The number of nitrogens with one attached hydrogen (secondary N) is 2. The maximum absolute atomic E-state index is 13.5. The lowest BCUT2D eigenvalue weighted by Crippen LogP contribution is -2.19. The second-order valence-corrected chi connectivity index (χ2v) is 4.35. The fourth-order valence-electron chi connectivity index (χ4n) is 1.95. The smallest absolute Gasteiger partial charge is 0.346 e. The normalized spacial score (nSPS) is 10.6. The van der Waals surface area contributed by atoms with E-state index in [-0.39, 0.29) is 11.6 Å². The summed E-state index contributed by atoms with van der Waals surface area (Å²) in [6.07, 6.45) is 0.718. The Kier molecular flexibility index (Phi) is 3.34. The van der Waals surface area contributed by atoms with Gasteiger partial charge in [-0.1, -0.05) is 12.1 Å². The summed E-state index contributed by atoms with van der Waals surface area (Å²) in [7, 11) is 1.48. The Bertz CT molecular complexity index is 916. The number of furan rings is 1. The van der Waals surface area contributed by atoms with E-state index < -0.39 is 17.4 Å². The third-order valence-electron chi connectivity index (χ3n) is 2.96. The maximum atomic E-state index is 13.5. The van der Waals surface area contributed by atoms with Gasteiger partial charge in [-0.15, -0.1) is 0 Å². The van der Waals surface area contributed by atoms with Crippen LogP contribution >= 0.6 is 0 Å². The predicted molar refractivity (Wildman–Crippen MR) is 75.5 cm³/mol. The molecule has 2 aromatic heterocycles. The highest BCUT2D eigenvalue weighted by Crippen LogP contribution is 2.28. The number of rotatable bonds is 3. The topological polar surface area (TPSA) is 97.2 Å². The molecule has 0 aliphatic carbocycles.